The summed E-state index contributed by atoms with van der Waals surface area (Å²) >= 11 is 3.44. The van der Waals surface area contributed by atoms with Gasteiger partial charge in [0.2, 0.25) is 0 Å². The number of anilines is 1. The van der Waals surface area contributed by atoms with Crippen LogP contribution in [-0.2, 0) is 0 Å². The highest BCUT2D eigenvalue weighted by Gasteiger charge is 2.32. The number of rotatable bonds is 2. The lowest BCUT2D eigenvalue weighted by atomic mass is 9.90. The second kappa shape index (κ2) is 4.10. The van der Waals surface area contributed by atoms with Crippen molar-refractivity contribution in [3.63, 3.8) is 0 Å². The van der Waals surface area contributed by atoms with Gasteiger partial charge in [0.25, 0.3) is 0 Å². The predicted molar refractivity (Wildman–Crippen MR) is 65.9 cm³/mol. The van der Waals surface area contributed by atoms with Gasteiger partial charge in [-0.1, -0.05) is 6.92 Å². The van der Waals surface area contributed by atoms with Crippen LogP contribution in [0.2, 0.25) is 0 Å². The van der Waals surface area contributed by atoms with Gasteiger partial charge in [-0.3, -0.25) is 4.98 Å². The zero-order valence-corrected chi connectivity index (χ0v) is 10.5. The molecule has 0 saturated carbocycles. The highest BCUT2D eigenvalue weighted by Crippen LogP contribution is 2.32. The lowest BCUT2D eigenvalue weighted by Crippen LogP contribution is -2.31. The molecule has 0 radical (unpaired) electrons. The summed E-state index contributed by atoms with van der Waals surface area (Å²) in [5.74, 6) is 0. The van der Waals surface area contributed by atoms with Crippen LogP contribution in [0.1, 0.15) is 13.3 Å². The third-order valence-corrected chi connectivity index (χ3v) is 3.54. The maximum Gasteiger partial charge on any atom is 0.0564 e. The average Bonchev–Trinajstić information content (AvgIpc) is 2.62. The van der Waals surface area contributed by atoms with Crippen molar-refractivity contribution in [1.29, 1.82) is 0 Å². The number of halogens is 1. The van der Waals surface area contributed by atoms with Gasteiger partial charge in [0.05, 0.1) is 11.9 Å². The Morgan fingerprint density at radius 2 is 2.40 bits per heavy atom. The molecule has 1 unspecified atom stereocenters. The minimum absolute atomic E-state index is 0.266. The number of nitrogens with two attached hydrogens (primary N) is 1. The van der Waals surface area contributed by atoms with Crippen molar-refractivity contribution < 1.29 is 0 Å². The molecule has 82 valence electrons. The molecule has 2 N–H and O–H groups in total. The molecule has 2 heterocycles. The summed E-state index contributed by atoms with van der Waals surface area (Å²) < 4.78 is 1.03. The zero-order valence-electron chi connectivity index (χ0n) is 8.91. The minimum Gasteiger partial charge on any atom is -0.370 e. The van der Waals surface area contributed by atoms with Crippen LogP contribution >= 0.6 is 15.9 Å². The lowest BCUT2D eigenvalue weighted by Gasteiger charge is -2.23. The van der Waals surface area contributed by atoms with Crippen LogP contribution in [0, 0.1) is 5.41 Å². The number of pyridine rings is 1. The first-order valence-corrected chi connectivity index (χ1v) is 5.98. The molecule has 1 aromatic rings. The normalized spacial score (nSPS) is 25.9. The molecule has 0 spiro atoms. The summed E-state index contributed by atoms with van der Waals surface area (Å²) in [7, 11) is 0. The molecule has 1 saturated heterocycles. The van der Waals surface area contributed by atoms with Gasteiger partial charge in [-0.15, -0.1) is 0 Å². The largest absolute Gasteiger partial charge is 0.370 e. The van der Waals surface area contributed by atoms with Gasteiger partial charge in [-0.25, -0.2) is 0 Å². The van der Waals surface area contributed by atoms with E-state index < -0.39 is 0 Å². The van der Waals surface area contributed by atoms with Gasteiger partial charge in [0, 0.05) is 23.8 Å². The summed E-state index contributed by atoms with van der Waals surface area (Å²) in [6.07, 6.45) is 4.88. The molecule has 1 atom stereocenters. The van der Waals surface area contributed by atoms with E-state index in [1.165, 1.54) is 5.69 Å². The Bertz CT molecular complexity index is 355. The Kier molecular flexibility index (Phi) is 2.98. The van der Waals surface area contributed by atoms with E-state index in [0.29, 0.717) is 0 Å². The van der Waals surface area contributed by atoms with Crippen LogP contribution in [0.3, 0.4) is 0 Å². The van der Waals surface area contributed by atoms with Gasteiger partial charge >= 0.3 is 0 Å². The van der Waals surface area contributed by atoms with E-state index in [2.05, 4.69) is 38.8 Å². The first kappa shape index (κ1) is 10.9. The van der Waals surface area contributed by atoms with E-state index >= 15 is 0 Å². The molecule has 0 amide bonds. The molecule has 4 heteroatoms. The third kappa shape index (κ3) is 2.32. The Hall–Kier alpha value is -0.610. The standard InChI is InChI=1S/C11H16BrN3/c1-11(7-13)2-3-15(8-11)10-4-9(12)5-14-6-10/h4-6H,2-3,7-8,13H2,1H3. The fraction of sp³-hybridized carbons (Fsp3) is 0.545. The Balaban J connectivity index is 2.14. The van der Waals surface area contributed by atoms with Gasteiger partial charge in [-0.05, 0) is 40.4 Å². The van der Waals surface area contributed by atoms with Crippen molar-refractivity contribution in [3.05, 3.63) is 22.9 Å². The summed E-state index contributed by atoms with van der Waals surface area (Å²) in [5, 5.41) is 0. The lowest BCUT2D eigenvalue weighted by molar-refractivity contribution is 0.383. The van der Waals surface area contributed by atoms with Crippen molar-refractivity contribution in [1.82, 2.24) is 4.98 Å². The third-order valence-electron chi connectivity index (χ3n) is 3.11. The average molecular weight is 270 g/mol. The quantitative estimate of drug-likeness (QED) is 0.894. The first-order chi connectivity index (χ1) is 7.13. The molecule has 3 nitrogen and oxygen atoms in total. The van der Waals surface area contributed by atoms with Gasteiger partial charge in [0.15, 0.2) is 0 Å². The van der Waals surface area contributed by atoms with E-state index in [1.807, 2.05) is 12.4 Å². The first-order valence-electron chi connectivity index (χ1n) is 5.19. The summed E-state index contributed by atoms with van der Waals surface area (Å²) in [4.78, 5) is 6.53. The number of aromatic nitrogens is 1. The number of hydrogen-bond donors (Lipinski definition) is 1. The van der Waals surface area contributed by atoms with Gasteiger partial charge in [0.1, 0.15) is 0 Å². The molecular formula is C11H16BrN3. The topological polar surface area (TPSA) is 42.1 Å². The molecule has 0 aliphatic carbocycles. The van der Waals surface area contributed by atoms with E-state index in [9.17, 15) is 0 Å². The molecule has 1 aromatic heterocycles. The molecule has 0 aromatic carbocycles. The second-order valence-corrected chi connectivity index (χ2v) is 5.46. The SMILES string of the molecule is CC1(CN)CCN(c2cncc(Br)c2)C1. The van der Waals surface area contributed by atoms with Crippen molar-refractivity contribution in [3.8, 4) is 0 Å². The van der Waals surface area contributed by atoms with Crippen molar-refractivity contribution >= 4 is 21.6 Å². The summed E-state index contributed by atoms with van der Waals surface area (Å²) in [6, 6.07) is 2.11. The van der Waals surface area contributed by atoms with Gasteiger partial charge < -0.3 is 10.6 Å². The van der Waals surface area contributed by atoms with E-state index in [4.69, 9.17) is 5.73 Å². The number of hydrogen-bond acceptors (Lipinski definition) is 3. The summed E-state index contributed by atoms with van der Waals surface area (Å²) in [6.45, 7) is 5.11. The predicted octanol–water partition coefficient (Wildman–Crippen LogP) is 2.02. The molecule has 0 bridgehead atoms. The maximum atomic E-state index is 5.79. The molecule has 2 rings (SSSR count). The summed E-state index contributed by atoms with van der Waals surface area (Å²) in [5.41, 5.74) is 7.23. The van der Waals surface area contributed by atoms with E-state index in [0.717, 1.165) is 30.5 Å². The van der Waals surface area contributed by atoms with E-state index in [1.54, 1.807) is 0 Å². The fourth-order valence-electron chi connectivity index (χ4n) is 1.98. The fourth-order valence-corrected chi connectivity index (χ4v) is 2.34. The Labute approximate surface area is 98.8 Å². The van der Waals surface area contributed by atoms with Crippen LogP contribution in [0.4, 0.5) is 5.69 Å². The maximum absolute atomic E-state index is 5.79. The molecular weight excluding hydrogens is 254 g/mol. The van der Waals surface area contributed by atoms with Crippen LogP contribution < -0.4 is 10.6 Å². The second-order valence-electron chi connectivity index (χ2n) is 4.55. The molecule has 1 aliphatic rings. The minimum atomic E-state index is 0.266. The molecule has 1 fully saturated rings. The van der Waals surface area contributed by atoms with Crippen LogP contribution in [-0.4, -0.2) is 24.6 Å². The highest BCUT2D eigenvalue weighted by molar-refractivity contribution is 9.10. The van der Waals surface area contributed by atoms with Crippen LogP contribution in [0.5, 0.6) is 0 Å². The van der Waals surface area contributed by atoms with Crippen molar-refractivity contribution in [2.75, 3.05) is 24.5 Å². The smallest absolute Gasteiger partial charge is 0.0564 e. The van der Waals surface area contributed by atoms with E-state index in [-0.39, 0.29) is 5.41 Å². The Morgan fingerprint density at radius 1 is 1.60 bits per heavy atom. The van der Waals surface area contributed by atoms with Crippen LogP contribution in [0.15, 0.2) is 22.9 Å². The zero-order chi connectivity index (χ0) is 10.9. The van der Waals surface area contributed by atoms with Crippen molar-refractivity contribution in [2.45, 2.75) is 13.3 Å². The Morgan fingerprint density at radius 3 is 3.00 bits per heavy atom. The van der Waals surface area contributed by atoms with Crippen molar-refractivity contribution in [2.24, 2.45) is 11.1 Å². The number of nitrogens with zero attached hydrogens (tertiary/aromatic N) is 2. The molecule has 15 heavy (non-hydrogen) atoms. The monoisotopic (exact) mass is 269 g/mol. The van der Waals surface area contributed by atoms with Crippen LogP contribution in [0.25, 0.3) is 0 Å². The van der Waals surface area contributed by atoms with Gasteiger partial charge in [-0.2, -0.15) is 0 Å². The molecule has 1 aliphatic heterocycles. The highest BCUT2D eigenvalue weighted by atomic mass is 79.9.